The molecule has 3 heteroatoms. The second kappa shape index (κ2) is 2.73. The average Bonchev–Trinajstić information content (AvgIpc) is 2.78. The minimum Gasteiger partial charge on any atom is -0.423 e. The molecule has 0 amide bonds. The number of rotatable bonds is 1. The van der Waals surface area contributed by atoms with Gasteiger partial charge in [0.2, 0.25) is 0 Å². The van der Waals surface area contributed by atoms with Gasteiger partial charge in [0.1, 0.15) is 0 Å². The lowest BCUT2D eigenvalue weighted by atomic mass is 10.2. The van der Waals surface area contributed by atoms with Gasteiger partial charge in [-0.05, 0) is 0 Å². The molecule has 2 aromatic heterocycles. The maximum atomic E-state index is 5.55. The number of hydrogen-bond acceptors (Lipinski definition) is 2. The van der Waals surface area contributed by atoms with E-state index in [9.17, 15) is 0 Å². The first-order valence-corrected chi connectivity index (χ1v) is 4.41. The number of aromatic nitrogens is 2. The molecule has 0 N–H and O–H groups in total. The van der Waals surface area contributed by atoms with Crippen molar-refractivity contribution in [2.45, 2.75) is 0 Å². The van der Waals surface area contributed by atoms with Crippen molar-refractivity contribution in [1.82, 2.24) is 9.38 Å². The zero-order chi connectivity index (χ0) is 9.38. The molecule has 0 aliphatic heterocycles. The van der Waals surface area contributed by atoms with Gasteiger partial charge in [-0.15, -0.1) is 0 Å². The molecule has 2 heterocycles. The van der Waals surface area contributed by atoms with Crippen molar-refractivity contribution in [3.05, 3.63) is 48.9 Å². The van der Waals surface area contributed by atoms with E-state index < -0.39 is 0 Å². The molecule has 0 saturated heterocycles. The normalized spacial score (nSPS) is 10.9. The Morgan fingerprint density at radius 2 is 2.00 bits per heavy atom. The SMILES string of the molecule is c1ccc(-c2cn3ccnc3o2)cc1. The summed E-state index contributed by atoms with van der Waals surface area (Å²) < 4.78 is 7.41. The molecule has 0 radical (unpaired) electrons. The van der Waals surface area contributed by atoms with E-state index in [1.54, 1.807) is 6.20 Å². The van der Waals surface area contributed by atoms with Gasteiger partial charge in [-0.1, -0.05) is 30.3 Å². The van der Waals surface area contributed by atoms with Crippen LogP contribution in [0.5, 0.6) is 0 Å². The Hall–Kier alpha value is -2.03. The van der Waals surface area contributed by atoms with Crippen LogP contribution in [-0.2, 0) is 0 Å². The summed E-state index contributed by atoms with van der Waals surface area (Å²) in [7, 11) is 0. The number of oxazole rings is 1. The predicted molar refractivity (Wildman–Crippen MR) is 52.9 cm³/mol. The van der Waals surface area contributed by atoms with Crippen LogP contribution in [0.2, 0.25) is 0 Å². The third-order valence-electron chi connectivity index (χ3n) is 2.15. The van der Waals surface area contributed by atoms with Gasteiger partial charge in [-0.2, -0.15) is 0 Å². The number of imidazole rings is 1. The van der Waals surface area contributed by atoms with Crippen LogP contribution >= 0.6 is 0 Å². The van der Waals surface area contributed by atoms with Crippen LogP contribution in [0.15, 0.2) is 53.3 Å². The molecule has 0 spiro atoms. The van der Waals surface area contributed by atoms with Gasteiger partial charge < -0.3 is 4.42 Å². The number of hydrogen-bond donors (Lipinski definition) is 0. The van der Waals surface area contributed by atoms with E-state index in [4.69, 9.17) is 4.42 Å². The molecule has 3 aromatic rings. The van der Waals surface area contributed by atoms with Crippen LogP contribution in [0, 0.1) is 0 Å². The Balaban J connectivity index is 2.19. The fourth-order valence-electron chi connectivity index (χ4n) is 1.46. The molecule has 0 bridgehead atoms. The van der Waals surface area contributed by atoms with Crippen molar-refractivity contribution in [3.8, 4) is 11.3 Å². The Morgan fingerprint density at radius 1 is 1.14 bits per heavy atom. The van der Waals surface area contributed by atoms with E-state index in [2.05, 4.69) is 4.98 Å². The third kappa shape index (κ3) is 1.03. The van der Waals surface area contributed by atoms with E-state index >= 15 is 0 Å². The van der Waals surface area contributed by atoms with Crippen LogP contribution < -0.4 is 0 Å². The largest absolute Gasteiger partial charge is 0.423 e. The highest BCUT2D eigenvalue weighted by Gasteiger charge is 2.04. The summed E-state index contributed by atoms with van der Waals surface area (Å²) in [5.41, 5.74) is 1.07. The van der Waals surface area contributed by atoms with Crippen molar-refractivity contribution < 1.29 is 4.42 Å². The second-order valence-electron chi connectivity index (χ2n) is 3.08. The summed E-state index contributed by atoms with van der Waals surface area (Å²) in [6.45, 7) is 0. The molecule has 0 fully saturated rings. The van der Waals surface area contributed by atoms with Crippen LogP contribution in [0.1, 0.15) is 0 Å². The van der Waals surface area contributed by atoms with Crippen molar-refractivity contribution in [1.29, 1.82) is 0 Å². The predicted octanol–water partition coefficient (Wildman–Crippen LogP) is 2.59. The first kappa shape index (κ1) is 7.38. The smallest absolute Gasteiger partial charge is 0.306 e. The average molecular weight is 184 g/mol. The van der Waals surface area contributed by atoms with Crippen molar-refractivity contribution in [2.24, 2.45) is 0 Å². The van der Waals surface area contributed by atoms with E-state index in [-0.39, 0.29) is 0 Å². The topological polar surface area (TPSA) is 30.4 Å². The third-order valence-corrected chi connectivity index (χ3v) is 2.15. The molecule has 3 nitrogen and oxygen atoms in total. The maximum absolute atomic E-state index is 5.55. The van der Waals surface area contributed by atoms with Crippen LogP contribution in [-0.4, -0.2) is 9.38 Å². The highest BCUT2D eigenvalue weighted by atomic mass is 16.4. The molecule has 1 aromatic carbocycles. The molecular weight excluding hydrogens is 176 g/mol. The highest BCUT2D eigenvalue weighted by Crippen LogP contribution is 2.21. The summed E-state index contributed by atoms with van der Waals surface area (Å²) >= 11 is 0. The van der Waals surface area contributed by atoms with Gasteiger partial charge in [0, 0.05) is 18.0 Å². The Kier molecular flexibility index (Phi) is 1.44. The van der Waals surface area contributed by atoms with Crippen LogP contribution in [0.3, 0.4) is 0 Å². The summed E-state index contributed by atoms with van der Waals surface area (Å²) in [4.78, 5) is 4.06. The lowest BCUT2D eigenvalue weighted by Gasteiger charge is -1.92. The van der Waals surface area contributed by atoms with Gasteiger partial charge in [-0.3, -0.25) is 4.40 Å². The molecule has 14 heavy (non-hydrogen) atoms. The van der Waals surface area contributed by atoms with Crippen molar-refractivity contribution in [3.63, 3.8) is 0 Å². The monoisotopic (exact) mass is 184 g/mol. The lowest BCUT2D eigenvalue weighted by Crippen LogP contribution is -1.72. The highest BCUT2D eigenvalue weighted by molar-refractivity contribution is 5.57. The molecule has 68 valence electrons. The minimum atomic E-state index is 0.629. The Labute approximate surface area is 80.6 Å². The minimum absolute atomic E-state index is 0.629. The first-order chi connectivity index (χ1) is 6.93. The lowest BCUT2D eigenvalue weighted by molar-refractivity contribution is 0.610. The molecule has 3 rings (SSSR count). The first-order valence-electron chi connectivity index (χ1n) is 4.41. The standard InChI is InChI=1S/C11H8N2O/c1-2-4-9(5-3-1)10-8-13-7-6-12-11(13)14-10/h1-8H. The van der Waals surface area contributed by atoms with Gasteiger partial charge in [0.05, 0.1) is 6.20 Å². The van der Waals surface area contributed by atoms with Gasteiger partial charge in [-0.25, -0.2) is 4.98 Å². The summed E-state index contributed by atoms with van der Waals surface area (Å²) in [5.74, 6) is 1.47. The molecule has 0 unspecified atom stereocenters. The van der Waals surface area contributed by atoms with Gasteiger partial charge in [0.15, 0.2) is 5.76 Å². The Bertz CT molecular complexity index is 522. The number of fused-ring (bicyclic) bond motifs is 1. The molecule has 0 aliphatic rings. The summed E-state index contributed by atoms with van der Waals surface area (Å²) in [6.07, 6.45) is 5.51. The van der Waals surface area contributed by atoms with E-state index in [0.717, 1.165) is 11.3 Å². The summed E-state index contributed by atoms with van der Waals surface area (Å²) in [6, 6.07) is 9.98. The summed E-state index contributed by atoms with van der Waals surface area (Å²) in [5, 5.41) is 0. The molecule has 0 aliphatic carbocycles. The fourth-order valence-corrected chi connectivity index (χ4v) is 1.46. The van der Waals surface area contributed by atoms with Crippen molar-refractivity contribution in [2.75, 3.05) is 0 Å². The van der Waals surface area contributed by atoms with Gasteiger partial charge in [0.25, 0.3) is 0 Å². The maximum Gasteiger partial charge on any atom is 0.306 e. The zero-order valence-corrected chi connectivity index (χ0v) is 7.42. The molecule has 0 atom stereocenters. The number of benzene rings is 1. The van der Waals surface area contributed by atoms with Crippen molar-refractivity contribution >= 4 is 5.84 Å². The van der Waals surface area contributed by atoms with E-state index in [1.165, 1.54) is 0 Å². The van der Waals surface area contributed by atoms with Crippen LogP contribution in [0.25, 0.3) is 17.2 Å². The molecular formula is C11H8N2O. The van der Waals surface area contributed by atoms with E-state index in [1.807, 2.05) is 47.1 Å². The van der Waals surface area contributed by atoms with Crippen LogP contribution in [0.4, 0.5) is 0 Å². The van der Waals surface area contributed by atoms with Gasteiger partial charge >= 0.3 is 5.84 Å². The van der Waals surface area contributed by atoms with E-state index in [0.29, 0.717) is 5.84 Å². The number of nitrogens with zero attached hydrogens (tertiary/aromatic N) is 2. The molecule has 0 saturated carbocycles. The second-order valence-corrected chi connectivity index (χ2v) is 3.08. The fraction of sp³-hybridized carbons (Fsp3) is 0. The zero-order valence-electron chi connectivity index (χ0n) is 7.42. The quantitative estimate of drug-likeness (QED) is 0.582. The Morgan fingerprint density at radius 3 is 2.79 bits per heavy atom.